The Bertz CT molecular complexity index is 4510. The van der Waals surface area contributed by atoms with Crippen LogP contribution in [0.1, 0.15) is 173 Å². The van der Waals surface area contributed by atoms with Crippen molar-refractivity contribution in [1.82, 2.24) is 10.2 Å². The molecule has 2 aliphatic rings. The fourth-order valence-corrected chi connectivity index (χ4v) is 14.9. The van der Waals surface area contributed by atoms with E-state index in [4.69, 9.17) is 9.15 Å². The van der Waals surface area contributed by atoms with Gasteiger partial charge >= 0.3 is 0 Å². The van der Waals surface area contributed by atoms with Crippen molar-refractivity contribution in [3.05, 3.63) is 296 Å². The zero-order chi connectivity index (χ0) is 66.6. The minimum absolute atomic E-state index is 0.0754. The van der Waals surface area contributed by atoms with E-state index in [0.29, 0.717) is 17.2 Å². The molecule has 0 saturated carbocycles. The quantitative estimate of drug-likeness (QED) is 0.0668. The Balaban J connectivity index is 0.681. The second kappa shape index (κ2) is 25.6. The van der Waals surface area contributed by atoms with Gasteiger partial charge in [-0.2, -0.15) is 0 Å². The molecular formula is C89H94N4O2. The Morgan fingerprint density at radius 2 is 0.768 bits per heavy atom. The number of hydrogen-bond donors (Lipinski definition) is 0. The van der Waals surface area contributed by atoms with Crippen LogP contribution in [0.2, 0.25) is 0 Å². The fourth-order valence-electron chi connectivity index (χ4n) is 14.9. The summed E-state index contributed by atoms with van der Waals surface area (Å²) in [6, 6.07) is 81.5. The third-order valence-electron chi connectivity index (χ3n) is 21.6. The summed E-state index contributed by atoms with van der Waals surface area (Å²) in [5.41, 5.74) is 29.4. The molecule has 10 aromatic carbocycles. The van der Waals surface area contributed by atoms with E-state index in [-0.39, 0.29) is 21.7 Å². The second-order valence-electron chi connectivity index (χ2n) is 29.8. The summed E-state index contributed by atoms with van der Waals surface area (Å²) in [6.45, 7) is 34.1. The summed E-state index contributed by atoms with van der Waals surface area (Å²) in [7, 11) is 0. The first-order chi connectivity index (χ1) is 45.5. The van der Waals surface area contributed by atoms with Gasteiger partial charge in [-0.1, -0.05) is 215 Å². The van der Waals surface area contributed by atoms with Crippen LogP contribution in [0.3, 0.4) is 0 Å². The van der Waals surface area contributed by atoms with Crippen LogP contribution in [0.15, 0.2) is 223 Å². The molecule has 0 bridgehead atoms. The fraction of sp³-hybridized carbons (Fsp3) is 0.303. The maximum Gasteiger partial charge on any atom is 0.248 e. The molecule has 0 radical (unpaired) electrons. The van der Waals surface area contributed by atoms with Crippen LogP contribution in [-0.4, -0.2) is 23.4 Å². The molecule has 0 amide bonds. The first-order valence-corrected chi connectivity index (χ1v) is 34.6. The molecule has 0 N–H and O–H groups in total. The van der Waals surface area contributed by atoms with Crippen molar-refractivity contribution in [3.63, 3.8) is 0 Å². The third kappa shape index (κ3) is 12.5. The van der Waals surface area contributed by atoms with Gasteiger partial charge in [-0.15, -0.1) is 10.2 Å². The van der Waals surface area contributed by atoms with Crippen LogP contribution in [-0.2, 0) is 45.7 Å². The molecule has 1 saturated heterocycles. The molecule has 482 valence electrons. The molecule has 95 heavy (non-hydrogen) atoms. The van der Waals surface area contributed by atoms with Gasteiger partial charge in [-0.25, -0.2) is 0 Å². The van der Waals surface area contributed by atoms with E-state index >= 15 is 0 Å². The topological polar surface area (TPSA) is 54.6 Å². The zero-order valence-electron chi connectivity index (χ0n) is 58.5. The molecule has 0 spiro atoms. The van der Waals surface area contributed by atoms with Crippen molar-refractivity contribution in [1.29, 1.82) is 0 Å². The number of anilines is 6. The van der Waals surface area contributed by atoms with Gasteiger partial charge in [-0.3, -0.25) is 0 Å². The number of ether oxygens (including phenoxy) is 1. The number of rotatable bonds is 21. The van der Waals surface area contributed by atoms with Crippen LogP contribution < -0.4 is 9.80 Å². The molecule has 2 heterocycles. The van der Waals surface area contributed by atoms with E-state index in [9.17, 15) is 0 Å². The third-order valence-corrected chi connectivity index (χ3v) is 21.6. The Morgan fingerprint density at radius 3 is 1.16 bits per heavy atom. The summed E-state index contributed by atoms with van der Waals surface area (Å²) in [6.07, 6.45) is 6.79. The molecule has 0 unspecified atom stereocenters. The number of aryl methyl sites for hydroxylation is 6. The van der Waals surface area contributed by atoms with Gasteiger partial charge in [0.15, 0.2) is 0 Å². The number of nitrogens with zero attached hydrogens (tertiary/aromatic N) is 4. The second-order valence-corrected chi connectivity index (χ2v) is 29.8. The summed E-state index contributed by atoms with van der Waals surface area (Å²) >= 11 is 0. The van der Waals surface area contributed by atoms with Crippen LogP contribution >= 0.6 is 0 Å². The minimum Gasteiger partial charge on any atom is -0.416 e. The predicted molar refractivity (Wildman–Crippen MR) is 397 cm³/mol. The Hall–Kier alpha value is -9.10. The van der Waals surface area contributed by atoms with Gasteiger partial charge in [-0.05, 0) is 228 Å². The van der Waals surface area contributed by atoms with E-state index in [1.54, 1.807) is 0 Å². The van der Waals surface area contributed by atoms with Gasteiger partial charge in [0.2, 0.25) is 11.8 Å². The molecule has 1 aliphatic carbocycles. The summed E-state index contributed by atoms with van der Waals surface area (Å²) in [5.74, 6) is 0.985. The largest absolute Gasteiger partial charge is 0.416 e. The molecular weight excluding hydrogens is 1160 g/mol. The van der Waals surface area contributed by atoms with Gasteiger partial charge < -0.3 is 19.0 Å². The average Bonchev–Trinajstić information content (AvgIpc) is 1.58. The summed E-state index contributed by atoms with van der Waals surface area (Å²) in [5, 5.41) is 9.10. The molecule has 6 heteroatoms. The smallest absolute Gasteiger partial charge is 0.248 e. The maximum atomic E-state index is 6.41. The van der Waals surface area contributed by atoms with Gasteiger partial charge in [0.05, 0.1) is 13.2 Å². The van der Waals surface area contributed by atoms with Crippen LogP contribution in [0, 0.1) is 26.2 Å². The maximum absolute atomic E-state index is 6.41. The van der Waals surface area contributed by atoms with Crippen LogP contribution in [0.5, 0.6) is 0 Å². The lowest BCUT2D eigenvalue weighted by molar-refractivity contribution is -0.106. The molecule has 13 rings (SSSR count). The normalized spacial score (nSPS) is 14.1. The van der Waals surface area contributed by atoms with Crippen molar-refractivity contribution >= 4 is 34.1 Å². The number of benzene rings is 10. The Morgan fingerprint density at radius 1 is 0.411 bits per heavy atom. The molecule has 0 atom stereocenters. The summed E-state index contributed by atoms with van der Waals surface area (Å²) < 4.78 is 11.9. The highest BCUT2D eigenvalue weighted by Crippen LogP contribution is 2.53. The lowest BCUT2D eigenvalue weighted by Gasteiger charge is -2.38. The zero-order valence-corrected chi connectivity index (χ0v) is 58.5. The van der Waals surface area contributed by atoms with Crippen molar-refractivity contribution in [2.24, 2.45) is 5.41 Å². The molecule has 1 fully saturated rings. The monoisotopic (exact) mass is 1250 g/mol. The van der Waals surface area contributed by atoms with Crippen molar-refractivity contribution < 1.29 is 9.15 Å². The van der Waals surface area contributed by atoms with E-state index in [1.807, 2.05) is 0 Å². The van der Waals surface area contributed by atoms with Crippen molar-refractivity contribution in [3.8, 4) is 34.0 Å². The molecule has 11 aromatic rings. The number of fused-ring (bicyclic) bond motifs is 3. The first kappa shape index (κ1) is 64.6. The summed E-state index contributed by atoms with van der Waals surface area (Å²) in [4.78, 5) is 4.74. The molecule has 1 aliphatic heterocycles. The first-order valence-electron chi connectivity index (χ1n) is 34.6. The van der Waals surface area contributed by atoms with Crippen molar-refractivity contribution in [2.75, 3.05) is 23.0 Å². The lowest BCUT2D eigenvalue weighted by atomic mass is 9.72. The predicted octanol–water partition coefficient (Wildman–Crippen LogP) is 23.4. The number of aromatic nitrogens is 2. The van der Waals surface area contributed by atoms with E-state index in [1.165, 1.54) is 108 Å². The Kier molecular flexibility index (Phi) is 17.4. The average molecular weight is 1250 g/mol. The number of hydrogen-bond acceptors (Lipinski definition) is 6. The Labute approximate surface area is 566 Å². The highest BCUT2D eigenvalue weighted by atomic mass is 16.5. The van der Waals surface area contributed by atoms with E-state index < -0.39 is 0 Å². The SMILES string of the molecule is CCc1cc2c(cc1C)C(C)(C)c1cc(C(C)(C)c3ccc(N(c4ccc(C)cc4)c4ccc(C(C)(C)c5ccc(-c6nnc(-c7ccc(C(C)(C)c8ccc(N(c9ccc(C)cc9)c9ccc(CCCCC%10(C)COC%10)cc9)cc8)cc7)o6)cc5)cc4)cc3)c(CC)cc1-2. The minimum atomic E-state index is -0.292. The van der Waals surface area contributed by atoms with E-state index in [2.05, 4.69) is 335 Å². The van der Waals surface area contributed by atoms with Crippen LogP contribution in [0.4, 0.5) is 34.1 Å². The van der Waals surface area contributed by atoms with Crippen molar-refractivity contribution in [2.45, 2.75) is 157 Å². The molecule has 6 nitrogen and oxygen atoms in total. The van der Waals surface area contributed by atoms with Gasteiger partial charge in [0.1, 0.15) is 0 Å². The lowest BCUT2D eigenvalue weighted by Crippen LogP contribution is -2.39. The number of unbranched alkanes of at least 4 members (excludes halogenated alkanes) is 1. The highest BCUT2D eigenvalue weighted by Gasteiger charge is 2.39. The van der Waals surface area contributed by atoms with Gasteiger partial charge in [0, 0.05) is 72.3 Å². The van der Waals surface area contributed by atoms with Gasteiger partial charge in [0.25, 0.3) is 0 Å². The highest BCUT2D eigenvalue weighted by molar-refractivity contribution is 5.84. The molecule has 1 aromatic heterocycles. The van der Waals surface area contributed by atoms with Crippen LogP contribution in [0.25, 0.3) is 34.0 Å². The standard InChI is InChI=1S/C89H94N4O2/c1-15-63-54-78-79-55-64(16-2)80(56-82(79)88(12,13)81(78)53-61(63)5)87(10,11)71-38-50-77(51-39-71)93(73-42-22-60(4)23-43-73)76-48-36-70(37-49-76)86(8,9)68-32-28-66(29-33-68)84-91-90-83(95-84)65-26-30-67(31-27-65)85(6,7)69-34-46-75(47-35-69)92(72-40-20-59(3)21-41-72)74-44-24-62(25-45-74)19-17-18-52-89(14)57-94-58-89/h20-51,53-56H,15-19,52,57-58H2,1-14H3. The van der Waals surface area contributed by atoms with E-state index in [0.717, 1.165) is 77.7 Å².